The average Bonchev–Trinajstić information content (AvgIpc) is 2.65. The maximum absolute atomic E-state index is 8.96. The van der Waals surface area contributed by atoms with Gasteiger partial charge in [-0.1, -0.05) is 0 Å². The number of hydrogen-bond donors (Lipinski definition) is 0. The van der Waals surface area contributed by atoms with Gasteiger partial charge in [-0.2, -0.15) is 0 Å². The van der Waals surface area contributed by atoms with E-state index in [9.17, 15) is 0 Å². The summed E-state index contributed by atoms with van der Waals surface area (Å²) in [6.45, 7) is 0. The summed E-state index contributed by atoms with van der Waals surface area (Å²) in [7, 11) is 0. The Bertz CT molecular complexity index is 701. The molecule has 3 aromatic rings. The molecule has 0 fully saturated rings. The predicted molar refractivity (Wildman–Crippen MR) is 98.0 cm³/mol. The van der Waals surface area contributed by atoms with Gasteiger partial charge in [-0.05, 0) is 0 Å². The molecule has 0 amide bonds. The van der Waals surface area contributed by atoms with Gasteiger partial charge in [0.15, 0.2) is 0 Å². The van der Waals surface area contributed by atoms with Crippen molar-refractivity contribution in [2.45, 2.75) is 0 Å². The van der Waals surface area contributed by atoms with Crippen molar-refractivity contribution in [2.24, 2.45) is 5.11 Å². The van der Waals surface area contributed by atoms with Gasteiger partial charge in [0.2, 0.25) is 0 Å². The van der Waals surface area contributed by atoms with Gasteiger partial charge >= 0.3 is 138 Å². The van der Waals surface area contributed by atoms with E-state index < -0.39 is 13.3 Å². The molecule has 0 aromatic heterocycles. The summed E-state index contributed by atoms with van der Waals surface area (Å²) in [5.41, 5.74) is 8.96. The summed E-state index contributed by atoms with van der Waals surface area (Å²) in [5, 5.41) is 4.56. The van der Waals surface area contributed by atoms with Crippen LogP contribution in [-0.2, 0) is 0 Å². The second kappa shape index (κ2) is 7.18. The standard InChI is InChI=1S/C19H17GeN3/c21-23-22-16-20(17-10-4-1-5-11-17,18-12-6-2-7-13-18)19-14-8-3-9-15-19/h1-15H,16H2. The van der Waals surface area contributed by atoms with Crippen molar-refractivity contribution in [1.29, 1.82) is 0 Å². The van der Waals surface area contributed by atoms with Gasteiger partial charge in [0.25, 0.3) is 0 Å². The Morgan fingerprint density at radius 3 is 1.30 bits per heavy atom. The minimum atomic E-state index is -3.02. The molecule has 0 aliphatic carbocycles. The number of rotatable bonds is 5. The Morgan fingerprint density at radius 2 is 1.00 bits per heavy atom. The van der Waals surface area contributed by atoms with Crippen molar-refractivity contribution in [3.8, 4) is 0 Å². The molecule has 3 nitrogen and oxygen atoms in total. The van der Waals surface area contributed by atoms with Gasteiger partial charge in [-0.3, -0.25) is 0 Å². The first-order valence-corrected chi connectivity index (χ1v) is 12.2. The summed E-state index contributed by atoms with van der Waals surface area (Å²) in [4.78, 5) is 3.07. The van der Waals surface area contributed by atoms with E-state index in [0.717, 1.165) is 0 Å². The Morgan fingerprint density at radius 1 is 0.652 bits per heavy atom. The van der Waals surface area contributed by atoms with E-state index in [1.54, 1.807) is 0 Å². The maximum atomic E-state index is 8.96. The van der Waals surface area contributed by atoms with Gasteiger partial charge in [0.05, 0.1) is 0 Å². The molecule has 0 saturated heterocycles. The van der Waals surface area contributed by atoms with Crippen molar-refractivity contribution < 1.29 is 0 Å². The molecule has 0 N–H and O–H groups in total. The van der Waals surface area contributed by atoms with E-state index in [-0.39, 0.29) is 0 Å². The summed E-state index contributed by atoms with van der Waals surface area (Å²) >= 11 is -3.02. The number of azide groups is 1. The molecule has 0 radical (unpaired) electrons. The third-order valence-corrected chi connectivity index (χ3v) is 13.8. The Labute approximate surface area is 138 Å². The van der Waals surface area contributed by atoms with Crippen LogP contribution in [0.2, 0.25) is 0 Å². The molecular formula is C19H17GeN3. The van der Waals surface area contributed by atoms with Gasteiger partial charge in [0, 0.05) is 0 Å². The molecule has 0 unspecified atom stereocenters. The van der Waals surface area contributed by atoms with Crippen molar-refractivity contribution in [1.82, 2.24) is 0 Å². The third kappa shape index (κ3) is 3.02. The zero-order valence-electron chi connectivity index (χ0n) is 12.7. The number of benzene rings is 3. The van der Waals surface area contributed by atoms with E-state index in [1.807, 2.05) is 18.2 Å². The SMILES string of the molecule is [N-]=[N+]=N[CH2][Ge]([c]1ccccc1)([c]1ccccc1)[c]1ccccc1. The fourth-order valence-electron chi connectivity index (χ4n) is 3.08. The average molecular weight is 360 g/mol. The van der Waals surface area contributed by atoms with Crippen LogP contribution in [0.25, 0.3) is 10.4 Å². The number of nitrogens with zero attached hydrogens (tertiary/aromatic N) is 3. The van der Waals surface area contributed by atoms with Crippen LogP contribution in [0, 0.1) is 0 Å². The predicted octanol–water partition coefficient (Wildman–Crippen LogP) is 3.01. The fourth-order valence-corrected chi connectivity index (χ4v) is 11.7. The first kappa shape index (κ1) is 15.4. The van der Waals surface area contributed by atoms with E-state index in [4.69, 9.17) is 5.53 Å². The van der Waals surface area contributed by atoms with Crippen molar-refractivity contribution in [3.05, 3.63) is 101 Å². The Kier molecular flexibility index (Phi) is 4.81. The van der Waals surface area contributed by atoms with Crippen LogP contribution in [0.5, 0.6) is 0 Å². The van der Waals surface area contributed by atoms with Crippen LogP contribution in [0.15, 0.2) is 96.1 Å². The molecule has 0 aliphatic rings. The third-order valence-electron chi connectivity index (χ3n) is 4.17. The molecule has 3 rings (SSSR count). The fraction of sp³-hybridized carbons (Fsp3) is 0.0526. The molecule has 4 heteroatoms. The summed E-state index contributed by atoms with van der Waals surface area (Å²) in [6, 6.07) is 31.5. The second-order valence-corrected chi connectivity index (χ2v) is 13.5. The first-order valence-electron chi connectivity index (χ1n) is 7.55. The van der Waals surface area contributed by atoms with E-state index in [1.165, 1.54) is 13.2 Å². The van der Waals surface area contributed by atoms with E-state index >= 15 is 0 Å². The molecule has 0 saturated carbocycles. The van der Waals surface area contributed by atoms with Crippen molar-refractivity contribution >= 4 is 26.5 Å². The van der Waals surface area contributed by atoms with Crippen LogP contribution in [-0.4, -0.2) is 18.6 Å². The van der Waals surface area contributed by atoms with E-state index in [0.29, 0.717) is 5.38 Å². The molecule has 0 heterocycles. The summed E-state index contributed by atoms with van der Waals surface area (Å²) in [5.74, 6) is 0. The molecule has 0 aliphatic heterocycles. The normalized spacial score (nSPS) is 10.8. The minimum absolute atomic E-state index is 0.522. The van der Waals surface area contributed by atoms with Gasteiger partial charge in [0.1, 0.15) is 0 Å². The quantitative estimate of drug-likeness (QED) is 0.291. The number of hydrogen-bond acceptors (Lipinski definition) is 1. The van der Waals surface area contributed by atoms with Gasteiger partial charge in [-0.15, -0.1) is 0 Å². The zero-order valence-corrected chi connectivity index (χ0v) is 14.8. The van der Waals surface area contributed by atoms with Crippen LogP contribution >= 0.6 is 0 Å². The summed E-state index contributed by atoms with van der Waals surface area (Å²) in [6.07, 6.45) is 0. The molecule has 0 atom stereocenters. The summed E-state index contributed by atoms with van der Waals surface area (Å²) < 4.78 is 3.91. The first-order chi connectivity index (χ1) is 11.4. The molecule has 112 valence electrons. The monoisotopic (exact) mass is 361 g/mol. The van der Waals surface area contributed by atoms with Crippen LogP contribution in [0.4, 0.5) is 0 Å². The molecule has 23 heavy (non-hydrogen) atoms. The van der Waals surface area contributed by atoms with Gasteiger partial charge in [-0.25, -0.2) is 0 Å². The zero-order chi connectivity index (χ0) is 16.0. The molecule has 3 aromatic carbocycles. The van der Waals surface area contributed by atoms with Gasteiger partial charge < -0.3 is 0 Å². The van der Waals surface area contributed by atoms with E-state index in [2.05, 4.69) is 82.8 Å². The molecule has 0 bridgehead atoms. The van der Waals surface area contributed by atoms with Crippen LogP contribution in [0.1, 0.15) is 0 Å². The molecule has 0 spiro atoms. The van der Waals surface area contributed by atoms with Crippen molar-refractivity contribution in [3.63, 3.8) is 0 Å². The molecular weight excluding hydrogens is 343 g/mol. The van der Waals surface area contributed by atoms with Crippen molar-refractivity contribution in [2.75, 3.05) is 5.38 Å². The topological polar surface area (TPSA) is 48.8 Å². The Balaban J connectivity index is 2.32. The van der Waals surface area contributed by atoms with Crippen LogP contribution < -0.4 is 13.2 Å². The van der Waals surface area contributed by atoms with Crippen LogP contribution in [0.3, 0.4) is 0 Å². The Hall–Kier alpha value is -2.49. The second-order valence-electron chi connectivity index (χ2n) is 5.39.